The lowest BCUT2D eigenvalue weighted by atomic mass is 10.1. The van der Waals surface area contributed by atoms with Crippen LogP contribution in [-0.4, -0.2) is 19.9 Å². The van der Waals surface area contributed by atoms with Gasteiger partial charge in [-0.25, -0.2) is 4.85 Å². The van der Waals surface area contributed by atoms with Crippen molar-refractivity contribution in [2.75, 3.05) is 13.9 Å². The fourth-order valence-electron chi connectivity index (χ4n) is 1.45. The fourth-order valence-corrected chi connectivity index (χ4v) is 1.95. The number of hydrogen-bond acceptors (Lipinski definition) is 4. The van der Waals surface area contributed by atoms with Crippen LogP contribution in [-0.2, 0) is 9.53 Å². The lowest BCUT2D eigenvalue weighted by Gasteiger charge is -2.04. The van der Waals surface area contributed by atoms with Crippen molar-refractivity contribution in [3.8, 4) is 11.5 Å². The van der Waals surface area contributed by atoms with Crippen LogP contribution >= 0.6 is 15.9 Å². The predicted octanol–water partition coefficient (Wildman–Crippen LogP) is 2.57. The topological polar surface area (TPSA) is 49.1 Å². The van der Waals surface area contributed by atoms with Crippen molar-refractivity contribution in [3.63, 3.8) is 0 Å². The molecule has 0 saturated carbocycles. The monoisotopic (exact) mass is 309 g/mol. The minimum absolute atomic E-state index is 0.114. The van der Waals surface area contributed by atoms with Gasteiger partial charge in [-0.05, 0) is 17.7 Å². The van der Waals surface area contributed by atoms with Crippen molar-refractivity contribution in [1.29, 1.82) is 0 Å². The second-order valence-corrected chi connectivity index (χ2v) is 4.13. The third-order valence-electron chi connectivity index (χ3n) is 2.32. The minimum atomic E-state index is -0.686. The van der Waals surface area contributed by atoms with Gasteiger partial charge in [0.2, 0.25) is 6.79 Å². The molecule has 1 aromatic rings. The smallest absolute Gasteiger partial charge is 0.337 e. The summed E-state index contributed by atoms with van der Waals surface area (Å²) in [5, 5.41) is 0. The molecule has 6 heteroatoms. The molecule has 0 radical (unpaired) electrons. The Bertz CT molecular complexity index is 574. The van der Waals surface area contributed by atoms with Crippen LogP contribution in [0, 0.1) is 6.57 Å². The van der Waals surface area contributed by atoms with E-state index < -0.39 is 5.97 Å². The van der Waals surface area contributed by atoms with E-state index in [0.717, 1.165) is 0 Å². The zero-order valence-corrected chi connectivity index (χ0v) is 11.0. The van der Waals surface area contributed by atoms with E-state index >= 15 is 0 Å². The molecule has 0 amide bonds. The summed E-state index contributed by atoms with van der Waals surface area (Å²) in [5.41, 5.74) is 0.534. The number of nitrogens with zero attached hydrogens (tertiary/aromatic N) is 1. The number of methoxy groups -OCH3 is 1. The molecular formula is C12H8BrNO4. The summed E-state index contributed by atoms with van der Waals surface area (Å²) >= 11 is 3.23. The first kappa shape index (κ1) is 12.5. The molecule has 0 saturated heterocycles. The van der Waals surface area contributed by atoms with Crippen LogP contribution in [0.4, 0.5) is 0 Å². The van der Waals surface area contributed by atoms with Gasteiger partial charge in [-0.2, -0.15) is 0 Å². The van der Waals surface area contributed by atoms with Crippen molar-refractivity contribution >= 4 is 26.4 Å². The lowest BCUT2D eigenvalue weighted by molar-refractivity contribution is -0.135. The summed E-state index contributed by atoms with van der Waals surface area (Å²) in [6.07, 6.45) is 0. The summed E-state index contributed by atoms with van der Waals surface area (Å²) in [6.45, 7) is 7.18. The highest BCUT2D eigenvalue weighted by Crippen LogP contribution is 2.37. The van der Waals surface area contributed by atoms with E-state index in [1.54, 1.807) is 18.2 Å². The maximum absolute atomic E-state index is 11.4. The minimum Gasteiger partial charge on any atom is -0.474 e. The van der Waals surface area contributed by atoms with E-state index in [1.807, 2.05) is 0 Å². The van der Waals surface area contributed by atoms with Gasteiger partial charge < -0.3 is 14.2 Å². The Morgan fingerprint density at radius 2 is 2.17 bits per heavy atom. The maximum atomic E-state index is 11.4. The molecule has 0 fully saturated rings. The van der Waals surface area contributed by atoms with Gasteiger partial charge in [0.05, 0.1) is 13.7 Å². The third-order valence-corrected chi connectivity index (χ3v) is 3.16. The molecule has 92 valence electrons. The Morgan fingerprint density at radius 3 is 2.83 bits per heavy atom. The molecular weight excluding hydrogens is 302 g/mol. The first-order valence-corrected chi connectivity index (χ1v) is 5.72. The van der Waals surface area contributed by atoms with E-state index in [2.05, 4.69) is 25.5 Å². The number of benzene rings is 1. The SMILES string of the molecule is [C-]#[N+]/C(C(=O)OC)=C(\Br)c1ccc2c(c1)OCO2. The van der Waals surface area contributed by atoms with Crippen molar-refractivity contribution in [2.24, 2.45) is 0 Å². The summed E-state index contributed by atoms with van der Waals surface area (Å²) in [7, 11) is 1.23. The van der Waals surface area contributed by atoms with Crippen molar-refractivity contribution in [2.45, 2.75) is 0 Å². The van der Waals surface area contributed by atoms with E-state index in [9.17, 15) is 4.79 Å². The van der Waals surface area contributed by atoms with Crippen LogP contribution in [0.5, 0.6) is 11.5 Å². The first-order valence-electron chi connectivity index (χ1n) is 4.93. The molecule has 18 heavy (non-hydrogen) atoms. The zero-order chi connectivity index (χ0) is 13.1. The van der Waals surface area contributed by atoms with Crippen molar-refractivity contribution in [1.82, 2.24) is 0 Å². The van der Waals surface area contributed by atoms with Crippen LogP contribution in [0.1, 0.15) is 5.56 Å². The van der Waals surface area contributed by atoms with Gasteiger partial charge in [0, 0.05) is 4.48 Å². The van der Waals surface area contributed by atoms with E-state index in [1.165, 1.54) is 7.11 Å². The third kappa shape index (κ3) is 2.17. The second kappa shape index (κ2) is 5.10. The lowest BCUT2D eigenvalue weighted by Crippen LogP contribution is -2.02. The number of halogens is 1. The van der Waals surface area contributed by atoms with E-state index in [0.29, 0.717) is 21.5 Å². The number of ether oxygens (including phenoxy) is 3. The summed E-state index contributed by atoms with van der Waals surface area (Å²) < 4.78 is 15.3. The van der Waals surface area contributed by atoms with E-state index in [-0.39, 0.29) is 12.5 Å². The Hall–Kier alpha value is -2.00. The average molecular weight is 310 g/mol. The highest BCUT2D eigenvalue weighted by molar-refractivity contribution is 9.15. The van der Waals surface area contributed by atoms with Gasteiger partial charge in [-0.15, -0.1) is 0 Å². The van der Waals surface area contributed by atoms with E-state index in [4.69, 9.17) is 16.0 Å². The Labute approximate surface area is 112 Å². The summed E-state index contributed by atoms with van der Waals surface area (Å²) in [6, 6.07) is 5.14. The Balaban J connectivity index is 2.45. The molecule has 0 atom stereocenters. The Kier molecular flexibility index (Phi) is 3.53. The van der Waals surface area contributed by atoms with Crippen LogP contribution in [0.25, 0.3) is 9.33 Å². The number of esters is 1. The molecule has 2 rings (SSSR count). The standard InChI is InChI=1S/C12H8BrNO4/c1-14-11(12(15)16-2)10(13)7-3-4-8-9(5-7)18-6-17-8/h3-5H,6H2,2H3/b11-10-. The van der Waals surface area contributed by atoms with Crippen molar-refractivity contribution in [3.05, 3.63) is 40.9 Å². The van der Waals surface area contributed by atoms with Crippen LogP contribution in [0.15, 0.2) is 23.9 Å². The summed E-state index contributed by atoms with van der Waals surface area (Å²) in [5.74, 6) is 0.537. The Morgan fingerprint density at radius 1 is 1.44 bits per heavy atom. The molecule has 0 unspecified atom stereocenters. The molecule has 0 aromatic heterocycles. The van der Waals surface area contributed by atoms with Crippen LogP contribution < -0.4 is 9.47 Å². The van der Waals surface area contributed by atoms with Crippen molar-refractivity contribution < 1.29 is 19.0 Å². The van der Waals surface area contributed by atoms with Gasteiger partial charge >= 0.3 is 5.97 Å². The van der Waals surface area contributed by atoms with Gasteiger partial charge in [-0.3, -0.25) is 4.79 Å². The van der Waals surface area contributed by atoms with Crippen LogP contribution in [0.2, 0.25) is 0 Å². The van der Waals surface area contributed by atoms with Gasteiger partial charge in [0.15, 0.2) is 11.5 Å². The molecule has 1 aliphatic rings. The first-order chi connectivity index (χ1) is 8.67. The molecule has 0 bridgehead atoms. The number of carbonyl (C=O) groups excluding carboxylic acids is 1. The largest absolute Gasteiger partial charge is 0.474 e. The number of fused-ring (bicyclic) bond motifs is 1. The highest BCUT2D eigenvalue weighted by Gasteiger charge is 2.19. The molecule has 0 N–H and O–H groups in total. The number of rotatable bonds is 2. The number of carbonyl (C=O) groups is 1. The zero-order valence-electron chi connectivity index (χ0n) is 9.40. The molecule has 1 heterocycles. The highest BCUT2D eigenvalue weighted by atomic mass is 79.9. The van der Waals surface area contributed by atoms with Gasteiger partial charge in [0.25, 0.3) is 5.70 Å². The molecule has 0 spiro atoms. The normalized spacial score (nSPS) is 13.6. The second-order valence-electron chi connectivity index (χ2n) is 3.33. The predicted molar refractivity (Wildman–Crippen MR) is 67.0 cm³/mol. The number of hydrogen-bond donors (Lipinski definition) is 0. The van der Waals surface area contributed by atoms with Crippen LogP contribution in [0.3, 0.4) is 0 Å². The quantitative estimate of drug-likeness (QED) is 0.478. The molecule has 1 aliphatic heterocycles. The molecule has 1 aromatic carbocycles. The average Bonchev–Trinajstić information content (AvgIpc) is 2.86. The summed E-state index contributed by atoms with van der Waals surface area (Å²) in [4.78, 5) is 14.6. The van der Waals surface area contributed by atoms with Gasteiger partial charge in [0.1, 0.15) is 0 Å². The van der Waals surface area contributed by atoms with Gasteiger partial charge in [-0.1, -0.05) is 22.0 Å². The molecule has 0 aliphatic carbocycles. The fraction of sp³-hybridized carbons (Fsp3) is 0.167. The maximum Gasteiger partial charge on any atom is 0.337 e. The molecule has 5 nitrogen and oxygen atoms in total.